The fraction of sp³-hybridized carbons (Fsp3) is 0.400. The Hall–Kier alpha value is -1.59. The van der Waals surface area contributed by atoms with Gasteiger partial charge in [0.25, 0.3) is 0 Å². The molecule has 0 spiro atoms. The maximum atomic E-state index is 5.76. The number of thiazole rings is 1. The van der Waals surface area contributed by atoms with E-state index in [9.17, 15) is 0 Å². The largest absolute Gasteiger partial charge is 0.489 e. The van der Waals surface area contributed by atoms with E-state index in [1.807, 2.05) is 6.20 Å². The first-order valence-electron chi connectivity index (χ1n) is 6.99. The van der Waals surface area contributed by atoms with E-state index < -0.39 is 0 Å². The van der Waals surface area contributed by atoms with E-state index in [-0.39, 0.29) is 0 Å². The lowest BCUT2D eigenvalue weighted by Gasteiger charge is -2.21. The maximum Gasteiger partial charge on any atom is 0.146 e. The summed E-state index contributed by atoms with van der Waals surface area (Å²) in [6, 6.07) is 6.24. The first kappa shape index (κ1) is 13.4. The maximum absolute atomic E-state index is 5.76. The van der Waals surface area contributed by atoms with E-state index in [0.29, 0.717) is 0 Å². The lowest BCUT2D eigenvalue weighted by Crippen LogP contribution is -2.20. The first-order valence-corrected chi connectivity index (χ1v) is 7.81. The van der Waals surface area contributed by atoms with Crippen LogP contribution in [0.4, 0.5) is 5.69 Å². The molecular formula is C15H19N3OS. The minimum absolute atomic E-state index is 0.732. The zero-order chi connectivity index (χ0) is 13.8. The summed E-state index contributed by atoms with van der Waals surface area (Å²) in [5.41, 5.74) is 2.29. The topological polar surface area (TPSA) is 46.2 Å². The number of hydrogen-bond acceptors (Lipinski definition) is 5. The number of hydrogen-bond donors (Lipinski definition) is 2. The van der Waals surface area contributed by atoms with Gasteiger partial charge in [-0.2, -0.15) is 0 Å². The lowest BCUT2D eigenvalue weighted by atomic mass is 10.1. The Morgan fingerprint density at radius 2 is 2.35 bits per heavy atom. The summed E-state index contributed by atoms with van der Waals surface area (Å²) < 4.78 is 5.76. The summed E-state index contributed by atoms with van der Waals surface area (Å²) in [4.78, 5) is 5.76. The quantitative estimate of drug-likeness (QED) is 0.888. The van der Waals surface area contributed by atoms with Gasteiger partial charge in [0.1, 0.15) is 17.4 Å². The number of anilines is 1. The molecule has 2 heterocycles. The SMILES string of the molecule is CCc1cnc(CNCc2cccc3c2OCCN3)s1. The first-order chi connectivity index (χ1) is 9.86. The summed E-state index contributed by atoms with van der Waals surface area (Å²) in [5, 5.41) is 7.95. The van der Waals surface area contributed by atoms with Gasteiger partial charge in [-0.1, -0.05) is 19.1 Å². The fourth-order valence-corrected chi connectivity index (χ4v) is 3.10. The van der Waals surface area contributed by atoms with Gasteiger partial charge in [-0.15, -0.1) is 11.3 Å². The van der Waals surface area contributed by atoms with Crippen molar-refractivity contribution in [1.82, 2.24) is 10.3 Å². The van der Waals surface area contributed by atoms with Gasteiger partial charge in [0, 0.05) is 36.3 Å². The highest BCUT2D eigenvalue weighted by molar-refractivity contribution is 7.11. The zero-order valence-electron chi connectivity index (χ0n) is 11.6. The van der Waals surface area contributed by atoms with Crippen molar-refractivity contribution < 1.29 is 4.74 Å². The Morgan fingerprint density at radius 1 is 1.40 bits per heavy atom. The molecule has 4 nitrogen and oxygen atoms in total. The third-order valence-electron chi connectivity index (χ3n) is 3.30. The van der Waals surface area contributed by atoms with Crippen LogP contribution < -0.4 is 15.4 Å². The van der Waals surface area contributed by atoms with Gasteiger partial charge >= 0.3 is 0 Å². The van der Waals surface area contributed by atoms with Crippen molar-refractivity contribution in [3.63, 3.8) is 0 Å². The highest BCUT2D eigenvalue weighted by Gasteiger charge is 2.13. The molecule has 0 atom stereocenters. The number of aromatic nitrogens is 1. The molecule has 0 bridgehead atoms. The van der Waals surface area contributed by atoms with Gasteiger partial charge < -0.3 is 15.4 Å². The average molecular weight is 289 g/mol. The van der Waals surface area contributed by atoms with Gasteiger partial charge in [-0.25, -0.2) is 4.98 Å². The van der Waals surface area contributed by atoms with Crippen molar-refractivity contribution in [2.45, 2.75) is 26.4 Å². The molecule has 0 radical (unpaired) electrons. The van der Waals surface area contributed by atoms with Gasteiger partial charge in [0.15, 0.2) is 0 Å². The van der Waals surface area contributed by atoms with E-state index in [2.05, 4.69) is 40.7 Å². The second kappa shape index (κ2) is 6.24. The molecule has 0 unspecified atom stereocenters. The minimum Gasteiger partial charge on any atom is -0.489 e. The summed E-state index contributed by atoms with van der Waals surface area (Å²) in [5.74, 6) is 0.986. The highest BCUT2D eigenvalue weighted by Crippen LogP contribution is 2.31. The normalized spacial score (nSPS) is 13.4. The van der Waals surface area contributed by atoms with Crippen LogP contribution in [0.3, 0.4) is 0 Å². The molecule has 3 rings (SSSR count). The molecule has 0 saturated heterocycles. The molecule has 0 fully saturated rings. The summed E-state index contributed by atoms with van der Waals surface area (Å²) in [6.07, 6.45) is 3.03. The van der Waals surface area contributed by atoms with Crippen molar-refractivity contribution in [1.29, 1.82) is 0 Å². The van der Waals surface area contributed by atoms with Crippen LogP contribution in [0.15, 0.2) is 24.4 Å². The second-order valence-corrected chi connectivity index (χ2v) is 5.95. The molecule has 0 saturated carbocycles. The van der Waals surface area contributed by atoms with Gasteiger partial charge in [-0.05, 0) is 12.5 Å². The Labute approximate surface area is 123 Å². The van der Waals surface area contributed by atoms with Crippen LogP contribution in [-0.2, 0) is 19.5 Å². The Balaban J connectivity index is 1.61. The summed E-state index contributed by atoms with van der Waals surface area (Å²) >= 11 is 1.78. The van der Waals surface area contributed by atoms with Crippen LogP contribution in [0.25, 0.3) is 0 Å². The number of rotatable bonds is 5. The number of fused-ring (bicyclic) bond motifs is 1. The Morgan fingerprint density at radius 3 is 3.20 bits per heavy atom. The van der Waals surface area contributed by atoms with E-state index in [0.717, 1.165) is 49.1 Å². The van der Waals surface area contributed by atoms with Crippen molar-refractivity contribution >= 4 is 17.0 Å². The average Bonchev–Trinajstić information content (AvgIpc) is 2.95. The predicted molar refractivity (Wildman–Crippen MR) is 82.5 cm³/mol. The molecule has 1 aromatic carbocycles. The third-order valence-corrected chi connectivity index (χ3v) is 4.44. The molecule has 0 amide bonds. The van der Waals surface area contributed by atoms with Crippen LogP contribution in [0.2, 0.25) is 0 Å². The molecule has 106 valence electrons. The molecule has 2 N–H and O–H groups in total. The van der Waals surface area contributed by atoms with E-state index in [4.69, 9.17) is 4.74 Å². The number of aryl methyl sites for hydroxylation is 1. The standard InChI is InChI=1S/C15H19N3OS/c1-2-12-9-18-14(20-12)10-16-8-11-4-3-5-13-15(11)19-7-6-17-13/h3-5,9,16-17H,2,6-8,10H2,1H3. The van der Waals surface area contributed by atoms with Gasteiger partial charge in [0.05, 0.1) is 5.69 Å². The minimum atomic E-state index is 0.732. The van der Waals surface area contributed by atoms with Gasteiger partial charge in [0.2, 0.25) is 0 Å². The summed E-state index contributed by atoms with van der Waals surface area (Å²) in [6.45, 7) is 5.37. The van der Waals surface area contributed by atoms with Crippen LogP contribution in [0.1, 0.15) is 22.4 Å². The van der Waals surface area contributed by atoms with E-state index in [1.165, 1.54) is 10.4 Å². The number of para-hydroxylation sites is 1. The van der Waals surface area contributed by atoms with Crippen LogP contribution >= 0.6 is 11.3 Å². The second-order valence-electron chi connectivity index (χ2n) is 4.75. The number of nitrogens with zero attached hydrogens (tertiary/aromatic N) is 1. The van der Waals surface area contributed by atoms with E-state index >= 15 is 0 Å². The number of ether oxygens (including phenoxy) is 1. The summed E-state index contributed by atoms with van der Waals surface area (Å²) in [7, 11) is 0. The molecule has 1 aliphatic heterocycles. The third kappa shape index (κ3) is 2.94. The van der Waals surface area contributed by atoms with Crippen molar-refractivity contribution in [2.24, 2.45) is 0 Å². The Bertz CT molecular complexity index is 582. The fourth-order valence-electron chi connectivity index (χ4n) is 2.27. The van der Waals surface area contributed by atoms with E-state index in [1.54, 1.807) is 11.3 Å². The number of benzene rings is 1. The Kier molecular flexibility index (Phi) is 4.18. The van der Waals surface area contributed by atoms with Crippen molar-refractivity contribution in [2.75, 3.05) is 18.5 Å². The highest BCUT2D eigenvalue weighted by atomic mass is 32.1. The molecule has 5 heteroatoms. The molecule has 1 aromatic heterocycles. The monoisotopic (exact) mass is 289 g/mol. The van der Waals surface area contributed by atoms with Crippen LogP contribution in [0.5, 0.6) is 5.75 Å². The number of nitrogens with one attached hydrogen (secondary N) is 2. The smallest absolute Gasteiger partial charge is 0.146 e. The predicted octanol–water partition coefficient (Wildman–Crippen LogP) is 2.80. The van der Waals surface area contributed by atoms with Crippen molar-refractivity contribution in [3.8, 4) is 5.75 Å². The molecule has 0 aliphatic carbocycles. The van der Waals surface area contributed by atoms with Crippen molar-refractivity contribution in [3.05, 3.63) is 39.8 Å². The molecule has 20 heavy (non-hydrogen) atoms. The lowest BCUT2D eigenvalue weighted by molar-refractivity contribution is 0.319. The molecular weight excluding hydrogens is 270 g/mol. The zero-order valence-corrected chi connectivity index (χ0v) is 12.4. The molecule has 2 aromatic rings. The van der Waals surface area contributed by atoms with Crippen LogP contribution in [0, 0.1) is 0 Å². The molecule has 1 aliphatic rings. The van der Waals surface area contributed by atoms with Gasteiger partial charge in [-0.3, -0.25) is 0 Å². The van der Waals surface area contributed by atoms with Crippen LogP contribution in [-0.4, -0.2) is 18.1 Å².